The van der Waals surface area contributed by atoms with Gasteiger partial charge in [0.1, 0.15) is 0 Å². The van der Waals surface area contributed by atoms with E-state index in [-0.39, 0.29) is 11.9 Å². The molecule has 0 saturated carbocycles. The van der Waals surface area contributed by atoms with Crippen molar-refractivity contribution in [3.8, 4) is 0 Å². The Labute approximate surface area is 119 Å². The Morgan fingerprint density at radius 2 is 1.75 bits per heavy atom. The number of ether oxygens (including phenoxy) is 1. The minimum atomic E-state index is -0.0750. The molecule has 0 aliphatic carbocycles. The summed E-state index contributed by atoms with van der Waals surface area (Å²) in [7, 11) is 1.63. The second kappa shape index (κ2) is 6.87. The van der Waals surface area contributed by atoms with E-state index in [1.54, 1.807) is 7.11 Å². The first kappa shape index (κ1) is 14.3. The molecule has 2 aromatic rings. The van der Waals surface area contributed by atoms with Crippen LogP contribution in [0.4, 0.5) is 0 Å². The number of carbonyl (C=O) groups is 1. The summed E-state index contributed by atoms with van der Waals surface area (Å²) in [6.07, 6.45) is 0. The predicted octanol–water partition coefficient (Wildman–Crippen LogP) is 3.32. The zero-order valence-electron chi connectivity index (χ0n) is 11.8. The highest BCUT2D eigenvalue weighted by Crippen LogP contribution is 2.15. The van der Waals surface area contributed by atoms with Crippen LogP contribution in [0.15, 0.2) is 54.6 Å². The molecule has 104 valence electrons. The minimum absolute atomic E-state index is 0.0284. The molecule has 0 aliphatic rings. The van der Waals surface area contributed by atoms with Gasteiger partial charge in [0.2, 0.25) is 0 Å². The Morgan fingerprint density at radius 1 is 1.10 bits per heavy atom. The standard InChI is InChI=1S/C17H19NO2/c1-13(14-8-4-3-5-9-14)18-17(19)16-11-7-6-10-15(16)12-20-2/h3-11,13H,12H2,1-2H3,(H,18,19)/t13-/m1/s1. The molecule has 0 saturated heterocycles. The van der Waals surface area contributed by atoms with E-state index < -0.39 is 0 Å². The number of nitrogens with one attached hydrogen (secondary N) is 1. The van der Waals surface area contributed by atoms with Gasteiger partial charge in [-0.2, -0.15) is 0 Å². The van der Waals surface area contributed by atoms with Gasteiger partial charge in [-0.1, -0.05) is 48.5 Å². The molecule has 0 unspecified atom stereocenters. The molecular formula is C17H19NO2. The third-order valence-electron chi connectivity index (χ3n) is 3.21. The average Bonchev–Trinajstić information content (AvgIpc) is 2.49. The van der Waals surface area contributed by atoms with Crippen LogP contribution >= 0.6 is 0 Å². The van der Waals surface area contributed by atoms with Crippen molar-refractivity contribution in [3.63, 3.8) is 0 Å². The van der Waals surface area contributed by atoms with E-state index in [0.717, 1.165) is 11.1 Å². The van der Waals surface area contributed by atoms with Crippen LogP contribution in [0.2, 0.25) is 0 Å². The quantitative estimate of drug-likeness (QED) is 0.904. The van der Waals surface area contributed by atoms with Crippen LogP contribution in [0.5, 0.6) is 0 Å². The van der Waals surface area contributed by atoms with Crippen LogP contribution in [-0.4, -0.2) is 13.0 Å². The summed E-state index contributed by atoms with van der Waals surface area (Å²) >= 11 is 0. The number of carbonyl (C=O) groups excluding carboxylic acids is 1. The molecule has 0 bridgehead atoms. The first-order valence-corrected chi connectivity index (χ1v) is 6.65. The average molecular weight is 269 g/mol. The van der Waals surface area contributed by atoms with Crippen molar-refractivity contribution in [2.75, 3.05) is 7.11 Å². The number of amides is 1. The fourth-order valence-corrected chi connectivity index (χ4v) is 2.12. The third-order valence-corrected chi connectivity index (χ3v) is 3.21. The SMILES string of the molecule is COCc1ccccc1C(=O)N[C@H](C)c1ccccc1. The van der Waals surface area contributed by atoms with E-state index in [4.69, 9.17) is 4.74 Å². The first-order valence-electron chi connectivity index (χ1n) is 6.65. The summed E-state index contributed by atoms with van der Waals surface area (Å²) in [5, 5.41) is 3.02. The lowest BCUT2D eigenvalue weighted by molar-refractivity contribution is 0.0935. The highest BCUT2D eigenvalue weighted by atomic mass is 16.5. The van der Waals surface area contributed by atoms with E-state index in [2.05, 4.69) is 5.32 Å². The molecular weight excluding hydrogens is 250 g/mol. The van der Waals surface area contributed by atoms with E-state index in [1.807, 2.05) is 61.5 Å². The van der Waals surface area contributed by atoms with Crippen LogP contribution < -0.4 is 5.32 Å². The van der Waals surface area contributed by atoms with Gasteiger partial charge in [0, 0.05) is 12.7 Å². The molecule has 0 radical (unpaired) electrons. The summed E-state index contributed by atoms with van der Waals surface area (Å²) in [5.74, 6) is -0.0750. The Balaban J connectivity index is 2.12. The van der Waals surface area contributed by atoms with Crippen molar-refractivity contribution < 1.29 is 9.53 Å². The topological polar surface area (TPSA) is 38.3 Å². The van der Waals surface area contributed by atoms with Gasteiger partial charge in [-0.25, -0.2) is 0 Å². The number of hydrogen-bond donors (Lipinski definition) is 1. The van der Waals surface area contributed by atoms with E-state index in [9.17, 15) is 4.79 Å². The fourth-order valence-electron chi connectivity index (χ4n) is 2.12. The summed E-state index contributed by atoms with van der Waals surface area (Å²) in [5.41, 5.74) is 2.65. The van der Waals surface area contributed by atoms with Crippen molar-refractivity contribution in [1.82, 2.24) is 5.32 Å². The molecule has 3 nitrogen and oxygen atoms in total. The normalized spacial score (nSPS) is 11.9. The van der Waals surface area contributed by atoms with Gasteiger partial charge >= 0.3 is 0 Å². The van der Waals surface area contributed by atoms with Gasteiger partial charge in [0.15, 0.2) is 0 Å². The lowest BCUT2D eigenvalue weighted by Gasteiger charge is -2.16. The van der Waals surface area contributed by atoms with Gasteiger partial charge in [0.25, 0.3) is 5.91 Å². The van der Waals surface area contributed by atoms with Gasteiger partial charge in [-0.15, -0.1) is 0 Å². The molecule has 2 rings (SSSR count). The molecule has 0 aliphatic heterocycles. The Kier molecular flexibility index (Phi) is 4.91. The van der Waals surface area contributed by atoms with Crippen LogP contribution in [-0.2, 0) is 11.3 Å². The van der Waals surface area contributed by atoms with E-state index >= 15 is 0 Å². The number of methoxy groups -OCH3 is 1. The molecule has 1 atom stereocenters. The van der Waals surface area contributed by atoms with Crippen LogP contribution in [0.3, 0.4) is 0 Å². The predicted molar refractivity (Wildman–Crippen MR) is 79.5 cm³/mol. The maximum atomic E-state index is 12.4. The second-order valence-electron chi connectivity index (χ2n) is 4.70. The lowest BCUT2D eigenvalue weighted by atomic mass is 10.1. The monoisotopic (exact) mass is 269 g/mol. The Morgan fingerprint density at radius 3 is 2.45 bits per heavy atom. The van der Waals surface area contributed by atoms with Crippen LogP contribution in [0.25, 0.3) is 0 Å². The molecule has 2 aromatic carbocycles. The molecule has 20 heavy (non-hydrogen) atoms. The van der Waals surface area contributed by atoms with Crippen LogP contribution in [0.1, 0.15) is 34.5 Å². The van der Waals surface area contributed by atoms with Crippen molar-refractivity contribution in [2.45, 2.75) is 19.6 Å². The maximum Gasteiger partial charge on any atom is 0.252 e. The summed E-state index contributed by atoms with van der Waals surface area (Å²) in [6.45, 7) is 2.41. The molecule has 0 fully saturated rings. The Hall–Kier alpha value is -2.13. The van der Waals surface area contributed by atoms with Crippen molar-refractivity contribution >= 4 is 5.91 Å². The highest BCUT2D eigenvalue weighted by molar-refractivity contribution is 5.95. The van der Waals surface area contributed by atoms with Crippen molar-refractivity contribution in [1.29, 1.82) is 0 Å². The maximum absolute atomic E-state index is 12.4. The summed E-state index contributed by atoms with van der Waals surface area (Å²) < 4.78 is 5.13. The fraction of sp³-hybridized carbons (Fsp3) is 0.235. The second-order valence-corrected chi connectivity index (χ2v) is 4.70. The zero-order valence-corrected chi connectivity index (χ0v) is 11.8. The number of benzene rings is 2. The van der Waals surface area contributed by atoms with Gasteiger partial charge in [-0.3, -0.25) is 4.79 Å². The van der Waals surface area contributed by atoms with Crippen molar-refractivity contribution in [2.24, 2.45) is 0 Å². The highest BCUT2D eigenvalue weighted by Gasteiger charge is 2.14. The number of rotatable bonds is 5. The van der Waals surface area contributed by atoms with E-state index in [0.29, 0.717) is 12.2 Å². The van der Waals surface area contributed by atoms with Gasteiger partial charge in [-0.05, 0) is 24.1 Å². The summed E-state index contributed by atoms with van der Waals surface area (Å²) in [6, 6.07) is 17.4. The Bertz CT molecular complexity index is 566. The molecule has 1 amide bonds. The smallest absolute Gasteiger partial charge is 0.252 e. The van der Waals surface area contributed by atoms with Crippen LogP contribution in [0, 0.1) is 0 Å². The third kappa shape index (κ3) is 3.45. The molecule has 0 heterocycles. The van der Waals surface area contributed by atoms with Gasteiger partial charge < -0.3 is 10.1 Å². The molecule has 0 spiro atoms. The van der Waals surface area contributed by atoms with E-state index in [1.165, 1.54) is 0 Å². The molecule has 3 heteroatoms. The largest absolute Gasteiger partial charge is 0.380 e. The molecule has 1 N–H and O–H groups in total. The zero-order chi connectivity index (χ0) is 14.4. The first-order chi connectivity index (χ1) is 9.72. The molecule has 0 aromatic heterocycles. The minimum Gasteiger partial charge on any atom is -0.380 e. The lowest BCUT2D eigenvalue weighted by Crippen LogP contribution is -2.27. The van der Waals surface area contributed by atoms with Gasteiger partial charge in [0.05, 0.1) is 12.6 Å². The number of hydrogen-bond acceptors (Lipinski definition) is 2. The van der Waals surface area contributed by atoms with Crippen molar-refractivity contribution in [3.05, 3.63) is 71.3 Å². The summed E-state index contributed by atoms with van der Waals surface area (Å²) in [4.78, 5) is 12.4.